The van der Waals surface area contributed by atoms with Gasteiger partial charge in [0.2, 0.25) is 11.1 Å². The van der Waals surface area contributed by atoms with E-state index in [0.717, 1.165) is 33.6 Å². The Balaban J connectivity index is 1.75. The number of hydrogen-bond acceptors (Lipinski definition) is 5. The molecule has 7 heteroatoms. The van der Waals surface area contributed by atoms with Crippen molar-refractivity contribution in [2.24, 2.45) is 0 Å². The lowest BCUT2D eigenvalue weighted by molar-refractivity contribution is -0.113. The number of aromatic nitrogens is 4. The van der Waals surface area contributed by atoms with E-state index in [-0.39, 0.29) is 11.7 Å². The number of hydrogen-bond donors (Lipinski definition) is 1. The maximum Gasteiger partial charge on any atom is 0.234 e. The first kappa shape index (κ1) is 20.1. The molecule has 0 bridgehead atoms. The summed E-state index contributed by atoms with van der Waals surface area (Å²) in [7, 11) is 0. The summed E-state index contributed by atoms with van der Waals surface area (Å²) in [6.45, 7) is 12.2. The summed E-state index contributed by atoms with van der Waals surface area (Å²) < 4.78 is 1.71. The van der Waals surface area contributed by atoms with Crippen LogP contribution in [-0.2, 0) is 4.79 Å². The number of nitrogens with one attached hydrogen (secondary N) is 1. The number of carbonyl (C=O) groups excluding carboxylic acids is 1. The van der Waals surface area contributed by atoms with Gasteiger partial charge in [0.1, 0.15) is 0 Å². The number of aryl methyl sites for hydroxylation is 6. The van der Waals surface area contributed by atoms with Crippen molar-refractivity contribution in [2.75, 3.05) is 11.1 Å². The highest BCUT2D eigenvalue weighted by Gasteiger charge is 2.16. The van der Waals surface area contributed by atoms with E-state index in [1.807, 2.05) is 27.7 Å². The van der Waals surface area contributed by atoms with Crippen molar-refractivity contribution < 1.29 is 4.79 Å². The van der Waals surface area contributed by atoms with Crippen molar-refractivity contribution in [1.82, 2.24) is 20.2 Å². The van der Waals surface area contributed by atoms with Crippen molar-refractivity contribution in [1.29, 1.82) is 0 Å². The Bertz CT molecular complexity index is 995. The number of rotatable bonds is 5. The molecular formula is C21H25N5OS. The predicted molar refractivity (Wildman–Crippen MR) is 113 cm³/mol. The second-order valence-corrected chi connectivity index (χ2v) is 8.17. The molecule has 6 nitrogen and oxygen atoms in total. The fourth-order valence-corrected chi connectivity index (χ4v) is 4.28. The third kappa shape index (κ3) is 4.25. The van der Waals surface area contributed by atoms with Gasteiger partial charge in [0.05, 0.1) is 11.4 Å². The van der Waals surface area contributed by atoms with Crippen LogP contribution >= 0.6 is 11.8 Å². The lowest BCUT2D eigenvalue weighted by Crippen LogP contribution is -2.16. The molecule has 1 amide bonds. The van der Waals surface area contributed by atoms with Crippen LogP contribution in [0.15, 0.2) is 29.4 Å². The Labute approximate surface area is 169 Å². The van der Waals surface area contributed by atoms with Gasteiger partial charge in [-0.3, -0.25) is 4.79 Å². The molecule has 1 heterocycles. The average Bonchev–Trinajstić information content (AvgIpc) is 3.03. The third-order valence-electron chi connectivity index (χ3n) is 4.56. The van der Waals surface area contributed by atoms with Crippen LogP contribution in [0, 0.1) is 41.5 Å². The molecular weight excluding hydrogens is 370 g/mol. The minimum Gasteiger partial charge on any atom is -0.325 e. The smallest absolute Gasteiger partial charge is 0.234 e. The number of thioether (sulfide) groups is 1. The second kappa shape index (κ2) is 8.14. The molecule has 0 aliphatic carbocycles. The fraction of sp³-hybridized carbons (Fsp3) is 0.333. The van der Waals surface area contributed by atoms with Gasteiger partial charge in [-0.2, -0.15) is 4.68 Å². The van der Waals surface area contributed by atoms with Gasteiger partial charge in [0, 0.05) is 5.69 Å². The first-order valence-electron chi connectivity index (χ1n) is 9.13. The van der Waals surface area contributed by atoms with Crippen LogP contribution in [-0.4, -0.2) is 31.9 Å². The van der Waals surface area contributed by atoms with Gasteiger partial charge in [-0.05, 0) is 74.2 Å². The lowest BCUT2D eigenvalue weighted by Gasteiger charge is -2.13. The molecule has 0 saturated carbocycles. The maximum atomic E-state index is 12.5. The highest BCUT2D eigenvalue weighted by atomic mass is 32.2. The molecule has 3 aromatic rings. The molecule has 146 valence electrons. The van der Waals surface area contributed by atoms with Gasteiger partial charge in [-0.1, -0.05) is 47.2 Å². The standard InChI is InChI=1S/C21H25N5OS/c1-12-7-14(3)19(15(4)8-12)22-18(27)11-28-21-23-24-25-26(21)20-16(5)9-13(2)10-17(20)6/h7-10H,11H2,1-6H3,(H,22,27). The van der Waals surface area contributed by atoms with Crippen LogP contribution in [0.5, 0.6) is 0 Å². The van der Waals surface area contributed by atoms with Crippen molar-refractivity contribution in [3.63, 3.8) is 0 Å². The highest BCUT2D eigenvalue weighted by molar-refractivity contribution is 7.99. The number of anilines is 1. The molecule has 28 heavy (non-hydrogen) atoms. The fourth-order valence-electron chi connectivity index (χ4n) is 3.60. The van der Waals surface area contributed by atoms with E-state index in [0.29, 0.717) is 5.16 Å². The van der Waals surface area contributed by atoms with Crippen LogP contribution in [0.4, 0.5) is 5.69 Å². The zero-order valence-corrected chi connectivity index (χ0v) is 17.9. The molecule has 0 radical (unpaired) electrons. The van der Waals surface area contributed by atoms with E-state index in [1.54, 1.807) is 4.68 Å². The van der Waals surface area contributed by atoms with E-state index in [9.17, 15) is 4.79 Å². The summed E-state index contributed by atoms with van der Waals surface area (Å²) in [5, 5.41) is 15.7. The van der Waals surface area contributed by atoms with Crippen LogP contribution in [0.25, 0.3) is 5.69 Å². The first-order chi connectivity index (χ1) is 13.3. The molecule has 0 aliphatic rings. The Morgan fingerprint density at radius 2 is 1.46 bits per heavy atom. The Morgan fingerprint density at radius 1 is 0.929 bits per heavy atom. The molecule has 1 N–H and O–H groups in total. The zero-order chi connectivity index (χ0) is 20.4. The summed E-state index contributed by atoms with van der Waals surface area (Å²) in [6, 6.07) is 8.35. The molecule has 3 rings (SSSR count). The molecule has 0 saturated heterocycles. The SMILES string of the molecule is Cc1cc(C)c(NC(=O)CSc2nnnn2-c2c(C)cc(C)cc2C)c(C)c1. The van der Waals surface area contributed by atoms with Gasteiger partial charge >= 0.3 is 0 Å². The summed E-state index contributed by atoms with van der Waals surface area (Å²) in [6.07, 6.45) is 0. The zero-order valence-electron chi connectivity index (χ0n) is 17.1. The van der Waals surface area contributed by atoms with E-state index < -0.39 is 0 Å². The van der Waals surface area contributed by atoms with Crippen molar-refractivity contribution >= 4 is 23.4 Å². The topological polar surface area (TPSA) is 72.7 Å². The summed E-state index contributed by atoms with van der Waals surface area (Å²) >= 11 is 1.33. The van der Waals surface area contributed by atoms with Gasteiger partial charge < -0.3 is 5.32 Å². The lowest BCUT2D eigenvalue weighted by atomic mass is 10.1. The van der Waals surface area contributed by atoms with E-state index in [2.05, 4.69) is 59.0 Å². The van der Waals surface area contributed by atoms with Gasteiger partial charge in [-0.15, -0.1) is 5.10 Å². The van der Waals surface area contributed by atoms with E-state index >= 15 is 0 Å². The number of carbonyl (C=O) groups is 1. The summed E-state index contributed by atoms with van der Waals surface area (Å²) in [5.74, 6) is 0.156. The number of tetrazole rings is 1. The summed E-state index contributed by atoms with van der Waals surface area (Å²) in [5.41, 5.74) is 8.54. The minimum absolute atomic E-state index is 0.0769. The monoisotopic (exact) mass is 395 g/mol. The minimum atomic E-state index is -0.0769. The molecule has 1 aromatic heterocycles. The largest absolute Gasteiger partial charge is 0.325 e. The molecule has 0 aliphatic heterocycles. The van der Waals surface area contributed by atoms with Gasteiger partial charge in [-0.25, -0.2) is 0 Å². The van der Waals surface area contributed by atoms with Crippen LogP contribution in [0.2, 0.25) is 0 Å². The van der Waals surface area contributed by atoms with E-state index in [4.69, 9.17) is 0 Å². The molecule has 2 aromatic carbocycles. The average molecular weight is 396 g/mol. The summed E-state index contributed by atoms with van der Waals surface area (Å²) in [4.78, 5) is 12.5. The molecule has 0 atom stereocenters. The molecule has 0 unspecified atom stereocenters. The van der Waals surface area contributed by atoms with Crippen LogP contribution < -0.4 is 5.32 Å². The number of amides is 1. The number of nitrogens with zero attached hydrogens (tertiary/aromatic N) is 4. The van der Waals surface area contributed by atoms with Crippen LogP contribution in [0.1, 0.15) is 33.4 Å². The normalized spacial score (nSPS) is 10.9. The van der Waals surface area contributed by atoms with Crippen molar-refractivity contribution in [3.8, 4) is 5.69 Å². The Kier molecular flexibility index (Phi) is 5.84. The van der Waals surface area contributed by atoms with Crippen molar-refractivity contribution in [3.05, 3.63) is 57.6 Å². The molecule has 0 fully saturated rings. The van der Waals surface area contributed by atoms with Gasteiger partial charge in [0.25, 0.3) is 0 Å². The second-order valence-electron chi connectivity index (χ2n) is 7.23. The van der Waals surface area contributed by atoms with Gasteiger partial charge in [0.15, 0.2) is 0 Å². The maximum absolute atomic E-state index is 12.5. The quantitative estimate of drug-likeness (QED) is 0.654. The predicted octanol–water partition coefficient (Wildman–Crippen LogP) is 4.24. The Hall–Kier alpha value is -2.67. The first-order valence-corrected chi connectivity index (χ1v) is 10.1. The molecule has 0 spiro atoms. The number of benzene rings is 2. The third-order valence-corrected chi connectivity index (χ3v) is 5.48. The highest BCUT2D eigenvalue weighted by Crippen LogP contribution is 2.26. The van der Waals surface area contributed by atoms with E-state index in [1.165, 1.54) is 22.9 Å². The Morgan fingerprint density at radius 3 is 2.04 bits per heavy atom. The van der Waals surface area contributed by atoms with Crippen LogP contribution in [0.3, 0.4) is 0 Å². The van der Waals surface area contributed by atoms with Crippen molar-refractivity contribution in [2.45, 2.75) is 46.7 Å².